The summed E-state index contributed by atoms with van der Waals surface area (Å²) >= 11 is 1.65. The molecule has 102 valence electrons. The normalized spacial score (nSPS) is 12.3. The molecule has 20 heavy (non-hydrogen) atoms. The maximum atomic E-state index is 4.10. The highest BCUT2D eigenvalue weighted by Crippen LogP contribution is 2.24. The van der Waals surface area contributed by atoms with Gasteiger partial charge in [0.05, 0.1) is 17.2 Å². The molecule has 0 saturated heterocycles. The lowest BCUT2D eigenvalue weighted by Crippen LogP contribution is -2.06. The molecule has 0 amide bonds. The first-order chi connectivity index (χ1) is 9.74. The van der Waals surface area contributed by atoms with E-state index in [2.05, 4.69) is 38.8 Å². The van der Waals surface area contributed by atoms with Gasteiger partial charge in [-0.1, -0.05) is 0 Å². The summed E-state index contributed by atoms with van der Waals surface area (Å²) in [5.41, 5.74) is 5.00. The monoisotopic (exact) mass is 286 g/mol. The minimum Gasteiger partial charge on any atom is -0.378 e. The number of nitrogens with zero attached hydrogens (tertiary/aromatic N) is 5. The highest BCUT2D eigenvalue weighted by atomic mass is 32.1. The summed E-state index contributed by atoms with van der Waals surface area (Å²) in [6.07, 6.45) is 3.49. The van der Waals surface area contributed by atoms with E-state index < -0.39 is 0 Å². The van der Waals surface area contributed by atoms with Crippen LogP contribution in [0.5, 0.6) is 0 Å². The van der Waals surface area contributed by atoms with Gasteiger partial charge in [-0.05, 0) is 48.0 Å². The van der Waals surface area contributed by atoms with Crippen LogP contribution < -0.4 is 5.32 Å². The summed E-state index contributed by atoms with van der Waals surface area (Å²) < 4.78 is 1.66. The number of nitrogens with one attached hydrogen (secondary N) is 1. The lowest BCUT2D eigenvalue weighted by molar-refractivity contribution is 0.785. The smallest absolute Gasteiger partial charge is 0.143 e. The van der Waals surface area contributed by atoms with E-state index in [9.17, 15) is 0 Å². The minimum atomic E-state index is 0.237. The van der Waals surface area contributed by atoms with E-state index in [1.54, 1.807) is 22.3 Å². The zero-order valence-corrected chi connectivity index (χ0v) is 12.0. The quantitative estimate of drug-likeness (QED) is 0.798. The maximum absolute atomic E-state index is 4.10. The second-order valence-corrected chi connectivity index (χ2v) is 5.44. The molecule has 0 aliphatic carbocycles. The molecule has 0 saturated carbocycles. The van der Waals surface area contributed by atoms with E-state index in [1.807, 2.05) is 30.8 Å². The molecule has 0 spiro atoms. The minimum absolute atomic E-state index is 0.237. The number of benzene rings is 1. The summed E-state index contributed by atoms with van der Waals surface area (Å²) in [6, 6.07) is 6.37. The third kappa shape index (κ3) is 2.53. The third-order valence-corrected chi connectivity index (χ3v) is 4.01. The molecule has 2 heterocycles. The van der Waals surface area contributed by atoms with Crippen molar-refractivity contribution < 1.29 is 0 Å². The molecule has 6 nitrogen and oxygen atoms in total. The molecule has 1 atom stereocenters. The Bertz CT molecular complexity index is 677. The van der Waals surface area contributed by atoms with E-state index in [-0.39, 0.29) is 6.04 Å². The van der Waals surface area contributed by atoms with Gasteiger partial charge in [0.1, 0.15) is 6.33 Å². The Morgan fingerprint density at radius 2 is 2.25 bits per heavy atom. The Morgan fingerprint density at radius 3 is 2.90 bits per heavy atom. The molecule has 0 bridgehead atoms. The summed E-state index contributed by atoms with van der Waals surface area (Å²) in [4.78, 5) is 5.32. The van der Waals surface area contributed by atoms with Gasteiger partial charge in [-0.3, -0.25) is 4.98 Å². The third-order valence-electron chi connectivity index (χ3n) is 3.05. The summed E-state index contributed by atoms with van der Waals surface area (Å²) in [7, 11) is 0. The van der Waals surface area contributed by atoms with Crippen molar-refractivity contribution in [3.63, 3.8) is 0 Å². The predicted molar refractivity (Wildman–Crippen MR) is 78.0 cm³/mol. The molecule has 1 unspecified atom stereocenters. The number of hydrogen-bond acceptors (Lipinski definition) is 6. The van der Waals surface area contributed by atoms with Crippen LogP contribution in [0.3, 0.4) is 0 Å². The Hall–Kier alpha value is -2.28. The fraction of sp³-hybridized carbons (Fsp3) is 0.231. The molecule has 0 aliphatic heterocycles. The SMILES string of the molecule is Cc1cc(NC(C)c2cncs2)ccc1-n1cnnn1. The van der Waals surface area contributed by atoms with Crippen LogP contribution in [-0.2, 0) is 0 Å². The average Bonchev–Trinajstić information content (AvgIpc) is 3.12. The van der Waals surface area contributed by atoms with Crippen molar-refractivity contribution in [1.29, 1.82) is 0 Å². The molecule has 0 aliphatic rings. The van der Waals surface area contributed by atoms with Crippen molar-refractivity contribution >= 4 is 17.0 Å². The van der Waals surface area contributed by atoms with E-state index in [1.165, 1.54) is 4.88 Å². The van der Waals surface area contributed by atoms with Crippen molar-refractivity contribution in [2.24, 2.45) is 0 Å². The van der Waals surface area contributed by atoms with Crippen molar-refractivity contribution in [3.8, 4) is 5.69 Å². The lowest BCUT2D eigenvalue weighted by atomic mass is 10.1. The summed E-state index contributed by atoms with van der Waals surface area (Å²) in [6.45, 7) is 4.16. The second-order valence-electron chi connectivity index (χ2n) is 4.53. The van der Waals surface area contributed by atoms with Crippen molar-refractivity contribution in [1.82, 2.24) is 25.2 Å². The number of tetrazole rings is 1. The second kappa shape index (κ2) is 5.38. The first kappa shape index (κ1) is 12.7. The van der Waals surface area contributed by atoms with Crippen LogP contribution in [0.2, 0.25) is 0 Å². The standard InChI is InChI=1S/C13H14N6S/c1-9-5-11(16-10(2)13-6-14-8-20-13)3-4-12(9)19-7-15-17-18-19/h3-8,10,16H,1-2H3. The Balaban J connectivity index is 1.81. The van der Waals surface area contributed by atoms with Crippen LogP contribution in [0, 0.1) is 6.92 Å². The zero-order chi connectivity index (χ0) is 13.9. The van der Waals surface area contributed by atoms with E-state index in [0.29, 0.717) is 0 Å². The van der Waals surface area contributed by atoms with Crippen LogP contribution in [0.4, 0.5) is 5.69 Å². The molecule has 1 N–H and O–H groups in total. The number of thiazole rings is 1. The molecule has 2 aromatic heterocycles. The molecular formula is C13H14N6S. The number of aromatic nitrogens is 5. The summed E-state index contributed by atoms with van der Waals surface area (Å²) in [5.74, 6) is 0. The first-order valence-corrected chi connectivity index (χ1v) is 7.11. The fourth-order valence-corrected chi connectivity index (χ4v) is 2.66. The molecule has 1 aromatic carbocycles. The van der Waals surface area contributed by atoms with Crippen LogP contribution in [-0.4, -0.2) is 25.2 Å². The largest absolute Gasteiger partial charge is 0.378 e. The zero-order valence-electron chi connectivity index (χ0n) is 11.2. The number of hydrogen-bond donors (Lipinski definition) is 1. The first-order valence-electron chi connectivity index (χ1n) is 6.23. The lowest BCUT2D eigenvalue weighted by Gasteiger charge is -2.15. The Kier molecular flexibility index (Phi) is 3.42. The molecular weight excluding hydrogens is 272 g/mol. The molecule has 3 rings (SSSR count). The van der Waals surface area contributed by atoms with Crippen LogP contribution in [0.25, 0.3) is 5.69 Å². The Morgan fingerprint density at radius 1 is 1.35 bits per heavy atom. The van der Waals surface area contributed by atoms with E-state index >= 15 is 0 Å². The van der Waals surface area contributed by atoms with Gasteiger partial charge >= 0.3 is 0 Å². The van der Waals surface area contributed by atoms with Crippen LogP contribution in [0.15, 0.2) is 36.2 Å². The number of aryl methyl sites for hydroxylation is 1. The van der Waals surface area contributed by atoms with Crippen molar-refractivity contribution in [2.45, 2.75) is 19.9 Å². The van der Waals surface area contributed by atoms with Gasteiger partial charge in [0.15, 0.2) is 0 Å². The highest BCUT2D eigenvalue weighted by Gasteiger charge is 2.08. The number of anilines is 1. The predicted octanol–water partition coefficient (Wildman–Crippen LogP) is 2.60. The van der Waals surface area contributed by atoms with Gasteiger partial charge in [-0.2, -0.15) is 0 Å². The van der Waals surface area contributed by atoms with Gasteiger partial charge in [0.25, 0.3) is 0 Å². The van der Waals surface area contributed by atoms with Gasteiger partial charge in [-0.15, -0.1) is 16.4 Å². The fourth-order valence-electron chi connectivity index (χ4n) is 2.03. The molecule has 0 radical (unpaired) electrons. The van der Waals surface area contributed by atoms with Crippen LogP contribution in [0.1, 0.15) is 23.4 Å². The highest BCUT2D eigenvalue weighted by molar-refractivity contribution is 7.09. The van der Waals surface area contributed by atoms with Gasteiger partial charge in [0.2, 0.25) is 0 Å². The molecule has 7 heteroatoms. The topological polar surface area (TPSA) is 68.5 Å². The van der Waals surface area contributed by atoms with E-state index in [0.717, 1.165) is 16.9 Å². The van der Waals surface area contributed by atoms with Crippen LogP contribution >= 0.6 is 11.3 Å². The summed E-state index contributed by atoms with van der Waals surface area (Å²) in [5, 5.41) is 14.7. The van der Waals surface area contributed by atoms with Crippen molar-refractivity contribution in [3.05, 3.63) is 46.7 Å². The Labute approximate surface area is 120 Å². The maximum Gasteiger partial charge on any atom is 0.143 e. The molecule has 3 aromatic rings. The van der Waals surface area contributed by atoms with Gasteiger partial charge in [0, 0.05) is 16.8 Å². The molecule has 0 fully saturated rings. The average molecular weight is 286 g/mol. The van der Waals surface area contributed by atoms with E-state index in [4.69, 9.17) is 0 Å². The number of rotatable bonds is 4. The van der Waals surface area contributed by atoms with Crippen molar-refractivity contribution in [2.75, 3.05) is 5.32 Å². The van der Waals surface area contributed by atoms with Gasteiger partial charge < -0.3 is 5.32 Å². The van der Waals surface area contributed by atoms with Gasteiger partial charge in [-0.25, -0.2) is 4.68 Å².